The molecule has 4 N–H and O–H groups in total. The van der Waals surface area contributed by atoms with Gasteiger partial charge in [0.25, 0.3) is 0 Å². The second-order valence-electron chi connectivity index (χ2n) is 6.11. The highest BCUT2D eigenvalue weighted by atomic mass is 16.3. The van der Waals surface area contributed by atoms with E-state index in [9.17, 15) is 14.7 Å². The van der Waals surface area contributed by atoms with Crippen molar-refractivity contribution < 1.29 is 14.7 Å². The van der Waals surface area contributed by atoms with Gasteiger partial charge in [0, 0.05) is 25.5 Å². The summed E-state index contributed by atoms with van der Waals surface area (Å²) in [5.41, 5.74) is 8.20. The van der Waals surface area contributed by atoms with Crippen molar-refractivity contribution >= 4 is 23.2 Å². The van der Waals surface area contributed by atoms with E-state index in [0.717, 1.165) is 5.69 Å². The summed E-state index contributed by atoms with van der Waals surface area (Å²) in [5.74, 6) is -2.32. The summed E-state index contributed by atoms with van der Waals surface area (Å²) in [5, 5.41) is 12.3. The average Bonchev–Trinajstić information content (AvgIpc) is 2.55. The van der Waals surface area contributed by atoms with Gasteiger partial charge in [0.05, 0.1) is 6.10 Å². The van der Waals surface area contributed by atoms with Crippen molar-refractivity contribution in [3.8, 4) is 0 Å². The highest BCUT2D eigenvalue weighted by Crippen LogP contribution is 2.22. The van der Waals surface area contributed by atoms with Crippen molar-refractivity contribution in [1.82, 2.24) is 0 Å². The molecule has 0 bridgehead atoms. The Morgan fingerprint density at radius 2 is 1.52 bits per heavy atom. The zero-order valence-electron chi connectivity index (χ0n) is 14.6. The minimum absolute atomic E-state index is 0.485. The van der Waals surface area contributed by atoms with E-state index in [4.69, 9.17) is 5.73 Å². The summed E-state index contributed by atoms with van der Waals surface area (Å²) >= 11 is 0. The van der Waals surface area contributed by atoms with E-state index in [1.54, 1.807) is 43.3 Å². The minimum Gasteiger partial charge on any atom is -0.389 e. The maximum Gasteiger partial charge on any atom is 0.241 e. The first-order valence-corrected chi connectivity index (χ1v) is 7.95. The van der Waals surface area contributed by atoms with Crippen molar-refractivity contribution in [2.24, 2.45) is 5.73 Å². The molecular weight excluding hydrogens is 318 g/mol. The topological polar surface area (TPSA) is 95.7 Å². The quantitative estimate of drug-likeness (QED) is 0.700. The molecule has 6 heteroatoms. The molecule has 0 saturated heterocycles. The van der Waals surface area contributed by atoms with E-state index < -0.39 is 23.8 Å². The van der Waals surface area contributed by atoms with Crippen LogP contribution in [-0.4, -0.2) is 31.0 Å². The molecule has 0 spiro atoms. The Morgan fingerprint density at radius 3 is 1.96 bits per heavy atom. The number of aliphatic hydroxyl groups is 1. The fraction of sp³-hybridized carbons (Fsp3) is 0.263. The number of amides is 2. The Bertz CT molecular complexity index is 738. The number of hydrogen-bond acceptors (Lipinski definition) is 4. The Balaban J connectivity index is 2.19. The lowest BCUT2D eigenvalue weighted by molar-refractivity contribution is -0.127. The van der Waals surface area contributed by atoms with Crippen LogP contribution in [0.5, 0.6) is 0 Å². The van der Waals surface area contributed by atoms with Gasteiger partial charge in [-0.2, -0.15) is 0 Å². The van der Waals surface area contributed by atoms with Gasteiger partial charge in [0.1, 0.15) is 5.92 Å². The number of carbonyl (C=O) groups excluding carboxylic acids is 2. The van der Waals surface area contributed by atoms with Crippen LogP contribution in [0.1, 0.15) is 30.1 Å². The van der Waals surface area contributed by atoms with Gasteiger partial charge in [-0.1, -0.05) is 24.3 Å². The maximum absolute atomic E-state index is 12.5. The summed E-state index contributed by atoms with van der Waals surface area (Å²) < 4.78 is 0. The van der Waals surface area contributed by atoms with Crippen LogP contribution in [0.15, 0.2) is 48.5 Å². The average molecular weight is 341 g/mol. The predicted octanol–water partition coefficient (Wildman–Crippen LogP) is 2.01. The van der Waals surface area contributed by atoms with Crippen LogP contribution in [-0.2, 0) is 9.59 Å². The SMILES string of the molecule is CC(O)c1ccc([C@@H](C(N)=O)C(=O)Nc2ccc(N(C)C)cc2)cc1. The number of rotatable bonds is 6. The van der Waals surface area contributed by atoms with Crippen LogP contribution in [0.4, 0.5) is 11.4 Å². The number of carbonyl (C=O) groups is 2. The van der Waals surface area contributed by atoms with E-state index in [2.05, 4.69) is 5.32 Å². The third-order valence-corrected chi connectivity index (χ3v) is 3.95. The molecule has 6 nitrogen and oxygen atoms in total. The molecule has 0 aromatic heterocycles. The number of hydrogen-bond donors (Lipinski definition) is 3. The molecule has 2 aromatic rings. The van der Waals surface area contributed by atoms with E-state index in [1.165, 1.54) is 0 Å². The van der Waals surface area contributed by atoms with Crippen molar-refractivity contribution in [3.63, 3.8) is 0 Å². The molecular formula is C19H23N3O3. The number of benzene rings is 2. The molecule has 0 heterocycles. The molecule has 0 fully saturated rings. The van der Waals surface area contributed by atoms with Gasteiger partial charge in [-0.25, -0.2) is 0 Å². The molecule has 0 aliphatic rings. The lowest BCUT2D eigenvalue weighted by atomic mass is 9.95. The Hall–Kier alpha value is -2.86. The second-order valence-corrected chi connectivity index (χ2v) is 6.11. The smallest absolute Gasteiger partial charge is 0.241 e. The monoisotopic (exact) mass is 341 g/mol. The van der Waals surface area contributed by atoms with E-state index >= 15 is 0 Å². The fourth-order valence-corrected chi connectivity index (χ4v) is 2.47. The molecule has 0 saturated carbocycles. The number of nitrogens with one attached hydrogen (secondary N) is 1. The molecule has 0 aliphatic carbocycles. The van der Waals surface area contributed by atoms with Crippen LogP contribution in [0, 0.1) is 0 Å². The number of nitrogens with zero attached hydrogens (tertiary/aromatic N) is 1. The minimum atomic E-state index is -1.10. The van der Waals surface area contributed by atoms with Gasteiger partial charge in [-0.15, -0.1) is 0 Å². The molecule has 0 radical (unpaired) electrons. The van der Waals surface area contributed by atoms with Crippen molar-refractivity contribution in [1.29, 1.82) is 0 Å². The summed E-state index contributed by atoms with van der Waals surface area (Å²) in [7, 11) is 3.85. The fourth-order valence-electron chi connectivity index (χ4n) is 2.47. The third-order valence-electron chi connectivity index (χ3n) is 3.95. The molecule has 2 rings (SSSR count). The summed E-state index contributed by atoms with van der Waals surface area (Å²) in [4.78, 5) is 26.3. The van der Waals surface area contributed by atoms with Crippen LogP contribution in [0.3, 0.4) is 0 Å². The summed E-state index contributed by atoms with van der Waals surface area (Å²) in [6.07, 6.45) is -0.620. The Morgan fingerprint density at radius 1 is 1.00 bits per heavy atom. The number of primary amides is 1. The lowest BCUT2D eigenvalue weighted by Gasteiger charge is -2.16. The standard InChI is InChI=1S/C19H23N3O3/c1-12(23)13-4-6-14(7-5-13)17(18(20)24)19(25)21-15-8-10-16(11-9-15)22(2)3/h4-12,17,23H,1-3H3,(H2,20,24)(H,21,25)/t12?,17-/m0/s1. The predicted molar refractivity (Wildman–Crippen MR) is 98.4 cm³/mol. The lowest BCUT2D eigenvalue weighted by Crippen LogP contribution is -2.32. The molecule has 0 aliphatic heterocycles. The highest BCUT2D eigenvalue weighted by molar-refractivity contribution is 6.10. The number of aliphatic hydroxyl groups excluding tert-OH is 1. The molecule has 132 valence electrons. The van der Waals surface area contributed by atoms with Gasteiger partial charge < -0.3 is 21.1 Å². The third kappa shape index (κ3) is 4.58. The number of anilines is 2. The first kappa shape index (κ1) is 18.5. The molecule has 2 aromatic carbocycles. The normalized spacial score (nSPS) is 13.0. The molecule has 1 unspecified atom stereocenters. The Labute approximate surface area is 147 Å². The summed E-state index contributed by atoms with van der Waals surface area (Å²) in [6, 6.07) is 13.9. The van der Waals surface area contributed by atoms with E-state index in [0.29, 0.717) is 16.8 Å². The summed E-state index contributed by atoms with van der Waals surface area (Å²) in [6.45, 7) is 1.64. The van der Waals surface area contributed by atoms with Gasteiger partial charge in [0.2, 0.25) is 11.8 Å². The molecule has 2 atom stereocenters. The van der Waals surface area contributed by atoms with Crippen molar-refractivity contribution in [3.05, 3.63) is 59.7 Å². The van der Waals surface area contributed by atoms with Crippen LogP contribution < -0.4 is 16.0 Å². The first-order valence-electron chi connectivity index (χ1n) is 7.95. The van der Waals surface area contributed by atoms with Crippen LogP contribution >= 0.6 is 0 Å². The zero-order valence-corrected chi connectivity index (χ0v) is 14.6. The van der Waals surface area contributed by atoms with Gasteiger partial charge in [0.15, 0.2) is 0 Å². The number of nitrogens with two attached hydrogens (primary N) is 1. The van der Waals surface area contributed by atoms with Crippen molar-refractivity contribution in [2.45, 2.75) is 18.9 Å². The first-order chi connectivity index (χ1) is 11.8. The molecule has 2 amide bonds. The van der Waals surface area contributed by atoms with Gasteiger partial charge in [-0.3, -0.25) is 9.59 Å². The van der Waals surface area contributed by atoms with Crippen molar-refractivity contribution in [2.75, 3.05) is 24.3 Å². The van der Waals surface area contributed by atoms with Crippen LogP contribution in [0.25, 0.3) is 0 Å². The zero-order chi connectivity index (χ0) is 18.6. The molecule has 25 heavy (non-hydrogen) atoms. The van der Waals surface area contributed by atoms with Gasteiger partial charge >= 0.3 is 0 Å². The van der Waals surface area contributed by atoms with E-state index in [-0.39, 0.29) is 0 Å². The Kier molecular flexibility index (Phi) is 5.77. The van der Waals surface area contributed by atoms with E-state index in [1.807, 2.05) is 31.1 Å². The van der Waals surface area contributed by atoms with Crippen LogP contribution in [0.2, 0.25) is 0 Å². The highest BCUT2D eigenvalue weighted by Gasteiger charge is 2.26. The van der Waals surface area contributed by atoms with Gasteiger partial charge in [-0.05, 0) is 42.3 Å². The largest absolute Gasteiger partial charge is 0.389 e. The maximum atomic E-state index is 12.5. The second kappa shape index (κ2) is 7.81.